The average molecular weight is 326 g/mol. The van der Waals surface area contributed by atoms with E-state index in [1.165, 1.54) is 17.0 Å². The van der Waals surface area contributed by atoms with Crippen molar-refractivity contribution in [2.45, 2.75) is 33.2 Å². The third-order valence-corrected chi connectivity index (χ3v) is 4.80. The van der Waals surface area contributed by atoms with E-state index < -0.39 is 0 Å². The van der Waals surface area contributed by atoms with E-state index in [0.717, 1.165) is 23.4 Å². The molecular weight excluding hydrogens is 305 g/mol. The lowest BCUT2D eigenvalue weighted by molar-refractivity contribution is 0.418. The van der Waals surface area contributed by atoms with Crippen molar-refractivity contribution in [1.29, 1.82) is 0 Å². The topological polar surface area (TPSA) is 12.0 Å². The first kappa shape index (κ1) is 16.5. The van der Waals surface area contributed by atoms with Gasteiger partial charge in [0.2, 0.25) is 0 Å². The van der Waals surface area contributed by atoms with Crippen LogP contribution in [0.3, 0.4) is 0 Å². The Balaban J connectivity index is 2.27. The van der Waals surface area contributed by atoms with Crippen LogP contribution >= 0.6 is 22.9 Å². The summed E-state index contributed by atoms with van der Waals surface area (Å²) in [6.45, 7) is 7.60. The molecule has 1 unspecified atom stereocenters. The summed E-state index contributed by atoms with van der Waals surface area (Å²) in [5.74, 6) is 0.219. The summed E-state index contributed by atoms with van der Waals surface area (Å²) in [4.78, 5) is 2.34. The van der Waals surface area contributed by atoms with Crippen molar-refractivity contribution in [2.24, 2.45) is 5.92 Å². The van der Waals surface area contributed by atoms with E-state index in [9.17, 15) is 4.39 Å². The molecule has 0 spiro atoms. The number of thiophene rings is 1. The van der Waals surface area contributed by atoms with Gasteiger partial charge >= 0.3 is 0 Å². The van der Waals surface area contributed by atoms with Gasteiger partial charge in [0.15, 0.2) is 0 Å². The molecule has 1 aromatic carbocycles. The maximum absolute atomic E-state index is 13.5. The number of halogens is 2. The number of hydrogen-bond donors (Lipinski definition) is 1. The van der Waals surface area contributed by atoms with Crippen molar-refractivity contribution in [2.75, 3.05) is 6.54 Å². The molecule has 0 saturated heterocycles. The molecule has 0 amide bonds. The summed E-state index contributed by atoms with van der Waals surface area (Å²) < 4.78 is 13.5. The molecule has 1 nitrogen and oxygen atoms in total. The molecule has 2 aromatic rings. The van der Waals surface area contributed by atoms with Gasteiger partial charge in [0.25, 0.3) is 0 Å². The average Bonchev–Trinajstić information content (AvgIpc) is 2.87. The second kappa shape index (κ2) is 7.39. The van der Waals surface area contributed by atoms with Crippen molar-refractivity contribution in [3.8, 4) is 10.4 Å². The van der Waals surface area contributed by atoms with Crippen molar-refractivity contribution in [3.63, 3.8) is 0 Å². The molecule has 1 N–H and O–H groups in total. The third kappa shape index (κ3) is 4.29. The van der Waals surface area contributed by atoms with E-state index in [1.807, 2.05) is 12.1 Å². The lowest BCUT2D eigenvalue weighted by Gasteiger charge is -2.20. The van der Waals surface area contributed by atoms with Gasteiger partial charge in [-0.15, -0.1) is 11.3 Å². The SMILES string of the molecule is CCCNC(c1ccc(-c2cc(F)cc(Cl)c2)s1)C(C)C. The fourth-order valence-electron chi connectivity index (χ4n) is 2.34. The van der Waals surface area contributed by atoms with Crippen LogP contribution in [0.2, 0.25) is 5.02 Å². The summed E-state index contributed by atoms with van der Waals surface area (Å²) in [5, 5.41) is 4.02. The van der Waals surface area contributed by atoms with Gasteiger partial charge in [-0.2, -0.15) is 0 Å². The largest absolute Gasteiger partial charge is 0.309 e. The molecule has 0 fully saturated rings. The minimum absolute atomic E-state index is 0.294. The molecule has 2 rings (SSSR count). The van der Waals surface area contributed by atoms with Crippen LogP contribution in [0.15, 0.2) is 30.3 Å². The molecule has 0 aliphatic heterocycles. The van der Waals surface area contributed by atoms with Crippen LogP contribution in [-0.2, 0) is 0 Å². The van der Waals surface area contributed by atoms with E-state index >= 15 is 0 Å². The van der Waals surface area contributed by atoms with Gasteiger partial charge in [-0.1, -0.05) is 32.4 Å². The van der Waals surface area contributed by atoms with Crippen LogP contribution in [0.1, 0.15) is 38.1 Å². The zero-order valence-electron chi connectivity index (χ0n) is 12.6. The van der Waals surface area contributed by atoms with Crippen LogP contribution in [0.5, 0.6) is 0 Å². The van der Waals surface area contributed by atoms with Crippen LogP contribution in [-0.4, -0.2) is 6.54 Å². The summed E-state index contributed by atoms with van der Waals surface area (Å²) in [5.41, 5.74) is 0.842. The van der Waals surface area contributed by atoms with Gasteiger partial charge in [0, 0.05) is 20.8 Å². The molecule has 1 aromatic heterocycles. The second-order valence-corrected chi connectivity index (χ2v) is 7.09. The predicted octanol–water partition coefficient (Wildman–Crippen LogP) is 5.90. The molecule has 21 heavy (non-hydrogen) atoms. The minimum Gasteiger partial charge on any atom is -0.309 e. The number of nitrogens with one attached hydrogen (secondary N) is 1. The Kier molecular flexibility index (Phi) is 5.80. The Labute approximate surface area is 135 Å². The summed E-state index contributed by atoms with van der Waals surface area (Å²) in [6, 6.07) is 9.20. The Morgan fingerprint density at radius 3 is 2.62 bits per heavy atom. The zero-order valence-corrected chi connectivity index (χ0v) is 14.2. The molecule has 114 valence electrons. The van der Waals surface area contributed by atoms with Crippen LogP contribution in [0.4, 0.5) is 4.39 Å². The highest BCUT2D eigenvalue weighted by molar-refractivity contribution is 7.15. The predicted molar refractivity (Wildman–Crippen MR) is 90.6 cm³/mol. The van der Waals surface area contributed by atoms with E-state index in [-0.39, 0.29) is 5.82 Å². The fraction of sp³-hybridized carbons (Fsp3) is 0.412. The highest BCUT2D eigenvalue weighted by Gasteiger charge is 2.17. The van der Waals surface area contributed by atoms with E-state index in [1.54, 1.807) is 11.3 Å². The maximum Gasteiger partial charge on any atom is 0.125 e. The van der Waals surface area contributed by atoms with Gasteiger partial charge < -0.3 is 5.32 Å². The van der Waals surface area contributed by atoms with Crippen LogP contribution < -0.4 is 5.32 Å². The van der Waals surface area contributed by atoms with Gasteiger partial charge in [-0.25, -0.2) is 4.39 Å². The van der Waals surface area contributed by atoms with Gasteiger partial charge in [-0.3, -0.25) is 0 Å². The van der Waals surface area contributed by atoms with Gasteiger partial charge in [0.05, 0.1) is 0 Å². The molecule has 0 aliphatic rings. The van der Waals surface area contributed by atoms with E-state index in [0.29, 0.717) is 17.0 Å². The third-order valence-electron chi connectivity index (χ3n) is 3.36. The molecule has 0 aliphatic carbocycles. The monoisotopic (exact) mass is 325 g/mol. The lowest BCUT2D eigenvalue weighted by Crippen LogP contribution is -2.25. The smallest absolute Gasteiger partial charge is 0.125 e. The Hall–Kier alpha value is -0.900. The Morgan fingerprint density at radius 2 is 2.00 bits per heavy atom. The van der Waals surface area contributed by atoms with E-state index in [4.69, 9.17) is 11.6 Å². The first-order valence-corrected chi connectivity index (χ1v) is 8.50. The van der Waals surface area contributed by atoms with Crippen molar-refractivity contribution in [1.82, 2.24) is 5.32 Å². The number of rotatable bonds is 6. The summed E-state index contributed by atoms with van der Waals surface area (Å²) >= 11 is 7.64. The Bertz CT molecular complexity index is 574. The van der Waals surface area contributed by atoms with Gasteiger partial charge in [-0.05, 0) is 54.8 Å². The number of hydrogen-bond acceptors (Lipinski definition) is 2. The maximum atomic E-state index is 13.5. The zero-order chi connectivity index (χ0) is 15.4. The molecule has 4 heteroatoms. The molecule has 0 saturated carbocycles. The highest BCUT2D eigenvalue weighted by Crippen LogP contribution is 2.35. The molecular formula is C17H21ClFNS. The van der Waals surface area contributed by atoms with E-state index in [2.05, 4.69) is 32.2 Å². The van der Waals surface area contributed by atoms with Crippen molar-refractivity contribution in [3.05, 3.63) is 46.0 Å². The van der Waals surface area contributed by atoms with Crippen molar-refractivity contribution < 1.29 is 4.39 Å². The molecule has 0 radical (unpaired) electrons. The summed E-state index contributed by atoms with van der Waals surface area (Å²) in [6.07, 6.45) is 1.11. The van der Waals surface area contributed by atoms with Crippen LogP contribution in [0, 0.1) is 11.7 Å². The van der Waals surface area contributed by atoms with Crippen LogP contribution in [0.25, 0.3) is 10.4 Å². The number of benzene rings is 1. The van der Waals surface area contributed by atoms with Gasteiger partial charge in [0.1, 0.15) is 5.82 Å². The molecule has 0 bridgehead atoms. The highest BCUT2D eigenvalue weighted by atomic mass is 35.5. The quantitative estimate of drug-likeness (QED) is 0.696. The first-order chi connectivity index (χ1) is 10.0. The second-order valence-electron chi connectivity index (χ2n) is 5.54. The minimum atomic E-state index is -0.294. The standard InChI is InChI=1S/C17H21ClFNS/c1-4-7-20-17(11(2)3)16-6-5-15(21-16)12-8-13(18)10-14(19)9-12/h5-6,8-11,17,20H,4,7H2,1-3H3. The fourth-order valence-corrected chi connectivity index (χ4v) is 3.80. The first-order valence-electron chi connectivity index (χ1n) is 7.30. The molecule has 1 atom stereocenters. The summed E-state index contributed by atoms with van der Waals surface area (Å²) in [7, 11) is 0. The molecule has 1 heterocycles. The Morgan fingerprint density at radius 1 is 1.24 bits per heavy atom. The lowest BCUT2D eigenvalue weighted by atomic mass is 10.0. The van der Waals surface area contributed by atoms with Crippen molar-refractivity contribution >= 4 is 22.9 Å². The normalized spacial score (nSPS) is 12.9.